The molecule has 0 bridgehead atoms. The first-order chi connectivity index (χ1) is 13.9. The lowest BCUT2D eigenvalue weighted by Gasteiger charge is -2.20. The topological polar surface area (TPSA) is 84.5 Å². The third-order valence-electron chi connectivity index (χ3n) is 3.80. The van der Waals surface area contributed by atoms with Crippen molar-refractivity contribution in [1.82, 2.24) is 4.72 Å². The summed E-state index contributed by atoms with van der Waals surface area (Å²) >= 11 is 0. The van der Waals surface area contributed by atoms with Gasteiger partial charge in [-0.2, -0.15) is 4.72 Å². The smallest absolute Gasteiger partial charge is 0.406 e. The summed E-state index contributed by atoms with van der Waals surface area (Å²) in [6.45, 7) is 3.57. The Bertz CT molecular complexity index is 960. The van der Waals surface area contributed by atoms with E-state index in [2.05, 4.69) is 14.8 Å². The third-order valence-corrected chi connectivity index (χ3v) is 5.29. The molecule has 2 aromatic rings. The summed E-state index contributed by atoms with van der Waals surface area (Å²) in [4.78, 5) is 12.4. The first-order valence-electron chi connectivity index (χ1n) is 8.80. The highest BCUT2D eigenvalue weighted by molar-refractivity contribution is 7.89. The summed E-state index contributed by atoms with van der Waals surface area (Å²) in [6.07, 6.45) is -4.69. The van der Waals surface area contributed by atoms with Crippen molar-refractivity contribution in [2.45, 2.75) is 37.6 Å². The second-order valence-corrected chi connectivity index (χ2v) is 8.53. The number of ether oxygens (including phenoxy) is 1. The number of carbonyl (C=O) groups excluding carboxylic acids is 1. The van der Waals surface area contributed by atoms with Gasteiger partial charge in [0, 0.05) is 5.69 Å². The maximum atomic E-state index is 13.0. The van der Waals surface area contributed by atoms with Crippen LogP contribution in [0.2, 0.25) is 0 Å². The lowest BCUT2D eigenvalue weighted by Crippen LogP contribution is -2.44. The molecule has 1 amide bonds. The van der Waals surface area contributed by atoms with E-state index in [0.29, 0.717) is 0 Å². The molecule has 11 heteroatoms. The van der Waals surface area contributed by atoms with Crippen molar-refractivity contribution in [1.29, 1.82) is 0 Å². The van der Waals surface area contributed by atoms with Crippen LogP contribution in [0.3, 0.4) is 0 Å². The Hall–Kier alpha value is -2.66. The largest absolute Gasteiger partial charge is 0.573 e. The van der Waals surface area contributed by atoms with E-state index in [1.165, 1.54) is 12.1 Å². The van der Waals surface area contributed by atoms with Crippen LogP contribution in [0.1, 0.15) is 20.3 Å². The molecule has 0 saturated heterocycles. The molecular weight excluding hydrogens is 428 g/mol. The molecule has 2 aromatic carbocycles. The number of anilines is 1. The van der Waals surface area contributed by atoms with Crippen LogP contribution in [0.25, 0.3) is 0 Å². The molecule has 1 atom stereocenters. The fraction of sp³-hybridized carbons (Fsp3) is 0.316. The lowest BCUT2D eigenvalue weighted by atomic mass is 10.0. The van der Waals surface area contributed by atoms with E-state index >= 15 is 0 Å². The molecule has 0 radical (unpaired) electrons. The number of benzene rings is 2. The number of halogens is 4. The quantitative estimate of drug-likeness (QED) is 0.597. The Labute approximate surface area is 171 Å². The molecule has 0 heterocycles. The van der Waals surface area contributed by atoms with Gasteiger partial charge in [0.15, 0.2) is 0 Å². The Morgan fingerprint density at radius 1 is 1.03 bits per heavy atom. The molecule has 2 rings (SSSR count). The summed E-state index contributed by atoms with van der Waals surface area (Å²) in [5, 5.41) is 2.46. The molecule has 6 nitrogen and oxygen atoms in total. The van der Waals surface area contributed by atoms with Crippen molar-refractivity contribution in [3.05, 3.63) is 54.3 Å². The molecule has 0 saturated carbocycles. The van der Waals surface area contributed by atoms with Crippen molar-refractivity contribution in [2.24, 2.45) is 5.92 Å². The van der Waals surface area contributed by atoms with Gasteiger partial charge >= 0.3 is 6.36 Å². The van der Waals surface area contributed by atoms with Gasteiger partial charge in [0.2, 0.25) is 15.9 Å². The summed E-state index contributed by atoms with van der Waals surface area (Å²) in [7, 11) is -4.11. The number of nitrogens with one attached hydrogen (secondary N) is 2. The van der Waals surface area contributed by atoms with E-state index in [0.717, 1.165) is 36.4 Å². The predicted molar refractivity (Wildman–Crippen MR) is 102 cm³/mol. The van der Waals surface area contributed by atoms with Crippen molar-refractivity contribution in [3.8, 4) is 5.75 Å². The minimum absolute atomic E-state index is 0.0563. The average Bonchev–Trinajstić information content (AvgIpc) is 2.61. The van der Waals surface area contributed by atoms with Gasteiger partial charge in [0.1, 0.15) is 17.6 Å². The maximum Gasteiger partial charge on any atom is 0.573 e. The number of amides is 1. The fourth-order valence-corrected chi connectivity index (χ4v) is 3.73. The second kappa shape index (κ2) is 9.43. The number of rotatable bonds is 8. The van der Waals surface area contributed by atoms with Gasteiger partial charge in [-0.25, -0.2) is 12.8 Å². The molecule has 0 fully saturated rings. The van der Waals surface area contributed by atoms with Crippen molar-refractivity contribution < 1.29 is 35.5 Å². The number of carbonyl (C=O) groups is 1. The zero-order chi connectivity index (χ0) is 22.5. The van der Waals surface area contributed by atoms with Gasteiger partial charge in [-0.1, -0.05) is 13.8 Å². The van der Waals surface area contributed by atoms with Gasteiger partial charge in [-0.3, -0.25) is 4.79 Å². The van der Waals surface area contributed by atoms with Crippen molar-refractivity contribution in [3.63, 3.8) is 0 Å². The second-order valence-electron chi connectivity index (χ2n) is 6.82. The van der Waals surface area contributed by atoms with E-state index in [1.807, 2.05) is 0 Å². The van der Waals surface area contributed by atoms with Crippen molar-refractivity contribution >= 4 is 21.6 Å². The molecule has 2 N–H and O–H groups in total. The maximum absolute atomic E-state index is 13.0. The average molecular weight is 448 g/mol. The van der Waals surface area contributed by atoms with Gasteiger partial charge in [0.25, 0.3) is 0 Å². The Kier molecular flexibility index (Phi) is 7.43. The molecule has 30 heavy (non-hydrogen) atoms. The Morgan fingerprint density at radius 3 is 2.10 bits per heavy atom. The summed E-state index contributed by atoms with van der Waals surface area (Å²) < 4.78 is 80.8. The predicted octanol–water partition coefficient (Wildman–Crippen LogP) is 4.06. The molecule has 0 aliphatic heterocycles. The highest BCUT2D eigenvalue weighted by Crippen LogP contribution is 2.24. The van der Waals surface area contributed by atoms with Crippen LogP contribution in [0.5, 0.6) is 5.75 Å². The van der Waals surface area contributed by atoms with Crippen LogP contribution < -0.4 is 14.8 Å². The van der Waals surface area contributed by atoms with E-state index in [1.54, 1.807) is 13.8 Å². The summed E-state index contributed by atoms with van der Waals surface area (Å²) in [5.74, 6) is -1.82. The van der Waals surface area contributed by atoms with Gasteiger partial charge in [-0.05, 0) is 60.9 Å². The molecule has 0 spiro atoms. The number of sulfonamides is 1. The monoisotopic (exact) mass is 448 g/mol. The minimum atomic E-state index is -4.84. The first-order valence-corrected chi connectivity index (χ1v) is 10.3. The summed E-state index contributed by atoms with van der Waals surface area (Å²) in [5.41, 5.74) is 0.157. The van der Waals surface area contributed by atoms with Gasteiger partial charge in [0.05, 0.1) is 4.90 Å². The SMILES string of the molecule is CC(C)C[C@@H](NS(=O)(=O)c1ccc(F)cc1)C(=O)Nc1ccc(OC(F)(F)F)cc1. The highest BCUT2D eigenvalue weighted by Gasteiger charge is 2.31. The van der Waals surface area contributed by atoms with Gasteiger partial charge < -0.3 is 10.1 Å². The fourth-order valence-electron chi connectivity index (χ4n) is 2.52. The number of alkyl halides is 3. The van der Waals surface area contributed by atoms with Crippen LogP contribution in [-0.4, -0.2) is 26.7 Å². The van der Waals surface area contributed by atoms with Crippen LogP contribution >= 0.6 is 0 Å². The summed E-state index contributed by atoms with van der Waals surface area (Å²) in [6, 6.07) is 7.37. The number of hydrogen-bond acceptors (Lipinski definition) is 4. The van der Waals surface area contributed by atoms with E-state index in [4.69, 9.17) is 0 Å². The van der Waals surface area contributed by atoms with E-state index in [9.17, 15) is 30.8 Å². The Balaban J connectivity index is 2.14. The van der Waals surface area contributed by atoms with Gasteiger partial charge in [-0.15, -0.1) is 13.2 Å². The van der Waals surface area contributed by atoms with Crippen LogP contribution in [0.15, 0.2) is 53.4 Å². The lowest BCUT2D eigenvalue weighted by molar-refractivity contribution is -0.274. The third kappa shape index (κ3) is 7.30. The van der Waals surface area contributed by atoms with Crippen molar-refractivity contribution in [2.75, 3.05) is 5.32 Å². The number of hydrogen-bond donors (Lipinski definition) is 2. The zero-order valence-electron chi connectivity index (χ0n) is 16.0. The molecule has 164 valence electrons. The molecule has 0 aliphatic rings. The van der Waals surface area contributed by atoms with Crippen LogP contribution in [-0.2, 0) is 14.8 Å². The van der Waals surface area contributed by atoms with E-state index in [-0.39, 0.29) is 22.9 Å². The highest BCUT2D eigenvalue weighted by atomic mass is 32.2. The standard InChI is InChI=1S/C19H20F4N2O4S/c1-12(2)11-17(25-30(27,28)16-9-3-13(20)4-10-16)18(26)24-14-5-7-15(8-6-14)29-19(21,22)23/h3-10,12,17,25H,11H2,1-2H3,(H,24,26)/t17-/m1/s1. The zero-order valence-corrected chi connectivity index (χ0v) is 16.9. The molecule has 0 aromatic heterocycles. The first kappa shape index (κ1) is 23.6. The Morgan fingerprint density at radius 2 is 1.60 bits per heavy atom. The van der Waals surface area contributed by atoms with Crippen LogP contribution in [0, 0.1) is 11.7 Å². The van der Waals surface area contributed by atoms with E-state index < -0.39 is 39.9 Å². The molecule has 0 unspecified atom stereocenters. The van der Waals surface area contributed by atoms with Crippen LogP contribution in [0.4, 0.5) is 23.2 Å². The minimum Gasteiger partial charge on any atom is -0.406 e. The normalized spacial score (nSPS) is 13.2. The molecule has 0 aliphatic carbocycles. The molecular formula is C19H20F4N2O4S.